The molecule has 270 valence electrons. The van der Waals surface area contributed by atoms with E-state index in [4.69, 9.17) is 19.2 Å². The molecule has 1 aliphatic carbocycles. The number of anilines is 1. The quantitative estimate of drug-likeness (QED) is 0.219. The number of imidazole rings is 1. The van der Waals surface area contributed by atoms with Crippen LogP contribution < -0.4 is 44.2 Å². The Bertz CT molecular complexity index is 1560. The Hall–Kier alpha value is -2.99. The van der Waals surface area contributed by atoms with Crippen LogP contribution in [-0.4, -0.2) is 99.9 Å². The molecule has 1 aromatic carbocycles. The first-order valence-corrected chi connectivity index (χ1v) is 18.6. The molecule has 0 bridgehead atoms. The summed E-state index contributed by atoms with van der Waals surface area (Å²) in [7, 11) is 0.106. The maximum atomic E-state index is 14.2. The smallest absolute Gasteiger partial charge is 0.408 e. The molecule has 2 aromatic heterocycles. The minimum Gasteiger partial charge on any atom is -1.00 e. The van der Waals surface area contributed by atoms with E-state index in [2.05, 4.69) is 33.1 Å². The third-order valence-corrected chi connectivity index (χ3v) is 9.16. The fourth-order valence-corrected chi connectivity index (χ4v) is 6.49. The van der Waals surface area contributed by atoms with Gasteiger partial charge in [-0.15, -0.1) is 0 Å². The van der Waals surface area contributed by atoms with E-state index >= 15 is 0 Å². The largest absolute Gasteiger partial charge is 1.00 e. The Kier molecular flexibility index (Phi) is 13.7. The van der Waals surface area contributed by atoms with Crippen molar-refractivity contribution >= 4 is 39.9 Å². The number of benzene rings is 1. The van der Waals surface area contributed by atoms with Crippen LogP contribution >= 0.6 is 0 Å². The molecule has 0 spiro atoms. The van der Waals surface area contributed by atoms with Gasteiger partial charge in [-0.1, -0.05) is 12.1 Å². The van der Waals surface area contributed by atoms with Crippen molar-refractivity contribution in [2.45, 2.75) is 83.1 Å². The Balaban J connectivity index is 0.00000541. The standard InChI is InChI=1S/C33H45F2N7O5S.HI/c1-33(2,3)47-32(44)38-24(14-19-48(4)5)30(43)36-21-10-12-22(13-11-21)46-27-20-26(39-31(40-27)41-15-17-45-18-16-41)42-25-9-7-6-8-23(25)37-29(42)28(34)35;/h6-9,20-22,24,28H,10-19H2,1-5H3,(H-,36,38,43,44);1H/t21?,22?,24-;/m0./s1. The van der Waals surface area contributed by atoms with E-state index in [1.807, 2.05) is 4.90 Å². The summed E-state index contributed by atoms with van der Waals surface area (Å²) in [5.74, 6) is 1.07. The number of hydrogen-bond acceptors (Lipinski definition) is 9. The lowest BCUT2D eigenvalue weighted by molar-refractivity contribution is -0.124. The fourth-order valence-electron chi connectivity index (χ4n) is 5.78. The Morgan fingerprint density at radius 3 is 2.41 bits per heavy atom. The molecule has 1 saturated carbocycles. The van der Waals surface area contributed by atoms with Crippen molar-refractivity contribution in [3.63, 3.8) is 0 Å². The minimum atomic E-state index is -2.82. The van der Waals surface area contributed by atoms with Crippen LogP contribution in [-0.2, 0) is 25.2 Å². The third-order valence-electron chi connectivity index (χ3n) is 8.11. The second kappa shape index (κ2) is 17.3. The lowest BCUT2D eigenvalue weighted by atomic mass is 9.92. The summed E-state index contributed by atoms with van der Waals surface area (Å²) in [4.78, 5) is 41.3. The number of morpholine rings is 1. The molecule has 49 heavy (non-hydrogen) atoms. The highest BCUT2D eigenvalue weighted by Gasteiger charge is 2.31. The number of carbonyl (C=O) groups is 2. The monoisotopic (exact) mass is 817 g/mol. The van der Waals surface area contributed by atoms with Gasteiger partial charge in [0.25, 0.3) is 6.43 Å². The summed E-state index contributed by atoms with van der Waals surface area (Å²) < 4.78 is 47.1. The number of aromatic nitrogens is 4. The van der Waals surface area contributed by atoms with Crippen molar-refractivity contribution in [2.75, 3.05) is 49.5 Å². The second-order valence-corrected chi connectivity index (χ2v) is 15.7. The van der Waals surface area contributed by atoms with E-state index in [-0.39, 0.29) is 64.6 Å². The van der Waals surface area contributed by atoms with Gasteiger partial charge in [0.05, 0.1) is 36.8 Å². The van der Waals surface area contributed by atoms with Gasteiger partial charge in [0.15, 0.2) is 5.82 Å². The number of nitrogens with one attached hydrogen (secondary N) is 2. The van der Waals surface area contributed by atoms with Crippen molar-refractivity contribution in [3.8, 4) is 11.7 Å². The molecule has 2 N–H and O–H groups in total. The maximum absolute atomic E-state index is 14.2. The third kappa shape index (κ3) is 10.7. The molecule has 5 rings (SSSR count). The zero-order valence-corrected chi connectivity index (χ0v) is 31.6. The second-order valence-electron chi connectivity index (χ2n) is 13.3. The number of alkyl carbamates (subject to hydrolysis) is 1. The molecule has 3 heterocycles. The van der Waals surface area contributed by atoms with Crippen LogP contribution in [0.5, 0.6) is 5.88 Å². The first-order valence-electron chi connectivity index (χ1n) is 16.3. The van der Waals surface area contributed by atoms with Crippen LogP contribution in [0.25, 0.3) is 16.9 Å². The van der Waals surface area contributed by atoms with Gasteiger partial charge >= 0.3 is 6.09 Å². The number of amides is 2. The number of nitrogens with zero attached hydrogens (tertiary/aromatic N) is 5. The van der Waals surface area contributed by atoms with Gasteiger partial charge in [0.2, 0.25) is 17.7 Å². The summed E-state index contributed by atoms with van der Waals surface area (Å²) in [6.07, 6.45) is 3.69. The van der Waals surface area contributed by atoms with Crippen LogP contribution in [0.1, 0.15) is 65.1 Å². The Morgan fingerprint density at radius 2 is 1.76 bits per heavy atom. The van der Waals surface area contributed by atoms with Crippen LogP contribution in [0, 0.1) is 0 Å². The Morgan fingerprint density at radius 1 is 1.06 bits per heavy atom. The van der Waals surface area contributed by atoms with Gasteiger partial charge in [-0.25, -0.2) is 18.6 Å². The predicted molar refractivity (Wildman–Crippen MR) is 181 cm³/mol. The van der Waals surface area contributed by atoms with Gasteiger partial charge in [-0.05, 0) is 69.5 Å². The number of para-hydroxylation sites is 2. The zero-order chi connectivity index (χ0) is 34.4. The molecule has 3 aromatic rings. The molecule has 1 aliphatic heterocycles. The average molecular weight is 818 g/mol. The topological polar surface area (TPSA) is 133 Å². The summed E-state index contributed by atoms with van der Waals surface area (Å²) in [5, 5.41) is 5.88. The number of rotatable bonds is 11. The summed E-state index contributed by atoms with van der Waals surface area (Å²) in [5.41, 5.74) is 0.277. The number of ether oxygens (including phenoxy) is 3. The van der Waals surface area contributed by atoms with Crippen molar-refractivity contribution in [1.82, 2.24) is 30.2 Å². The van der Waals surface area contributed by atoms with Crippen LogP contribution in [0.2, 0.25) is 0 Å². The molecule has 12 nitrogen and oxygen atoms in total. The first kappa shape index (κ1) is 38.8. The van der Waals surface area contributed by atoms with Gasteiger partial charge in [-0.2, -0.15) is 9.97 Å². The van der Waals surface area contributed by atoms with E-state index in [9.17, 15) is 18.4 Å². The molecule has 0 unspecified atom stereocenters. The van der Waals surface area contributed by atoms with Crippen LogP contribution in [0.4, 0.5) is 19.5 Å². The summed E-state index contributed by atoms with van der Waals surface area (Å²) >= 11 is 0. The van der Waals surface area contributed by atoms with Crippen molar-refractivity contribution < 1.29 is 56.6 Å². The van der Waals surface area contributed by atoms with E-state index in [1.165, 1.54) is 4.57 Å². The highest BCUT2D eigenvalue weighted by molar-refractivity contribution is 7.95. The predicted octanol–water partition coefficient (Wildman–Crippen LogP) is 1.56. The first-order chi connectivity index (χ1) is 22.9. The number of fused-ring (bicyclic) bond motifs is 1. The molecule has 1 atom stereocenters. The van der Waals surface area contributed by atoms with Gasteiger partial charge < -0.3 is 53.7 Å². The number of alkyl halides is 2. The molecule has 2 aliphatic rings. The average Bonchev–Trinajstić information content (AvgIpc) is 3.43. The lowest BCUT2D eigenvalue weighted by Crippen LogP contribution is -3.00. The summed E-state index contributed by atoms with van der Waals surface area (Å²) in [6, 6.07) is 7.76. The van der Waals surface area contributed by atoms with Gasteiger partial charge in [0, 0.05) is 31.6 Å². The van der Waals surface area contributed by atoms with Crippen LogP contribution in [0.3, 0.4) is 0 Å². The van der Waals surface area contributed by atoms with E-state index < -0.39 is 30.0 Å². The number of hydrogen-bond donors (Lipinski definition) is 2. The zero-order valence-electron chi connectivity index (χ0n) is 28.6. The highest BCUT2D eigenvalue weighted by atomic mass is 127. The van der Waals surface area contributed by atoms with Gasteiger partial charge in [-0.3, -0.25) is 9.36 Å². The normalized spacial score (nSPS) is 19.0. The molecule has 1 saturated heterocycles. The molecular weight excluding hydrogens is 771 g/mol. The molecule has 2 fully saturated rings. The summed E-state index contributed by atoms with van der Waals surface area (Å²) in [6.45, 7) is 7.46. The van der Waals surface area contributed by atoms with Crippen molar-refractivity contribution in [1.29, 1.82) is 0 Å². The number of halogens is 3. The Labute approximate surface area is 305 Å². The molecule has 0 radical (unpaired) electrons. The molecular formula is C33H46F2IN7O5S. The maximum Gasteiger partial charge on any atom is 0.408 e. The van der Waals surface area contributed by atoms with E-state index in [0.717, 1.165) is 5.75 Å². The van der Waals surface area contributed by atoms with E-state index in [0.29, 0.717) is 75.4 Å². The number of carbonyl (C=O) groups excluding carboxylic acids is 2. The molecule has 2 amide bonds. The molecule has 16 heteroatoms. The van der Waals surface area contributed by atoms with Crippen LogP contribution in [0.15, 0.2) is 30.3 Å². The fraction of sp³-hybridized carbons (Fsp3) is 0.606. The van der Waals surface area contributed by atoms with Crippen molar-refractivity contribution in [3.05, 3.63) is 36.2 Å². The SMILES string of the molecule is C[S+](C)CC[C@H](NC(=O)OC(C)(C)C)C(=O)NC1CCC(Oc2cc(-n3c(C(F)F)nc4ccccc43)nc(N3CCOCC3)n2)CC1.[I-]. The highest BCUT2D eigenvalue weighted by Crippen LogP contribution is 2.31. The van der Waals surface area contributed by atoms with E-state index in [1.54, 1.807) is 51.1 Å². The lowest BCUT2D eigenvalue weighted by Gasteiger charge is -2.31. The van der Waals surface area contributed by atoms with Crippen molar-refractivity contribution in [2.24, 2.45) is 0 Å². The minimum absolute atomic E-state index is 0. The van der Waals surface area contributed by atoms with Gasteiger partial charge in [0.1, 0.15) is 29.3 Å².